The number of hydrogen-bond donors (Lipinski definition) is 1. The topological polar surface area (TPSA) is 49.6 Å². The van der Waals surface area contributed by atoms with E-state index in [0.717, 1.165) is 44.7 Å². The standard InChI is InChI=1S/C21H27N3O/c22-13-17-23(14-10-18-6-2-1-3-7-18)15-12-21(25)24-16-11-19-8-4-5-9-20(19)24/h1-9H,10-17,22H2. The van der Waals surface area contributed by atoms with Gasteiger partial charge < -0.3 is 15.5 Å². The molecule has 2 N–H and O–H groups in total. The highest BCUT2D eigenvalue weighted by Gasteiger charge is 2.24. The van der Waals surface area contributed by atoms with Gasteiger partial charge in [-0.25, -0.2) is 0 Å². The molecule has 1 heterocycles. The first-order valence-electron chi connectivity index (χ1n) is 9.12. The highest BCUT2D eigenvalue weighted by atomic mass is 16.2. The van der Waals surface area contributed by atoms with Crippen molar-refractivity contribution in [2.75, 3.05) is 37.6 Å². The molecule has 1 amide bonds. The first-order chi connectivity index (χ1) is 12.3. The monoisotopic (exact) mass is 337 g/mol. The number of nitrogens with two attached hydrogens (primary N) is 1. The molecule has 1 aliphatic heterocycles. The first kappa shape index (κ1) is 17.6. The van der Waals surface area contributed by atoms with Gasteiger partial charge >= 0.3 is 0 Å². The third-order valence-electron chi connectivity index (χ3n) is 4.83. The number of rotatable bonds is 8. The molecule has 0 saturated heterocycles. The largest absolute Gasteiger partial charge is 0.329 e. The Kier molecular flexibility index (Phi) is 6.20. The third-order valence-corrected chi connectivity index (χ3v) is 4.83. The van der Waals surface area contributed by atoms with Gasteiger partial charge in [-0.3, -0.25) is 4.79 Å². The van der Waals surface area contributed by atoms with E-state index >= 15 is 0 Å². The Balaban J connectivity index is 1.52. The van der Waals surface area contributed by atoms with E-state index in [9.17, 15) is 4.79 Å². The van der Waals surface area contributed by atoms with Crippen LogP contribution in [0, 0.1) is 0 Å². The summed E-state index contributed by atoms with van der Waals surface area (Å²) >= 11 is 0. The predicted molar refractivity (Wildman–Crippen MR) is 103 cm³/mol. The lowest BCUT2D eigenvalue weighted by Crippen LogP contribution is -2.36. The molecule has 0 saturated carbocycles. The maximum atomic E-state index is 12.7. The average Bonchev–Trinajstić information content (AvgIpc) is 3.09. The maximum absolute atomic E-state index is 12.7. The van der Waals surface area contributed by atoms with Crippen LogP contribution in [0.15, 0.2) is 54.6 Å². The van der Waals surface area contributed by atoms with Crippen LogP contribution in [0.25, 0.3) is 0 Å². The van der Waals surface area contributed by atoms with Crippen LogP contribution in [0.3, 0.4) is 0 Å². The predicted octanol–water partition coefficient (Wildman–Crippen LogP) is 2.47. The second-order valence-electron chi connectivity index (χ2n) is 6.54. The van der Waals surface area contributed by atoms with Crippen molar-refractivity contribution >= 4 is 11.6 Å². The Labute approximate surface area is 150 Å². The molecule has 0 radical (unpaired) electrons. The van der Waals surface area contributed by atoms with Gasteiger partial charge in [0.2, 0.25) is 5.91 Å². The number of benzene rings is 2. The Morgan fingerprint density at radius 2 is 1.76 bits per heavy atom. The molecule has 2 aromatic carbocycles. The zero-order chi connectivity index (χ0) is 17.5. The summed E-state index contributed by atoms with van der Waals surface area (Å²) < 4.78 is 0. The van der Waals surface area contributed by atoms with Crippen molar-refractivity contribution < 1.29 is 4.79 Å². The van der Waals surface area contributed by atoms with E-state index in [1.165, 1.54) is 11.1 Å². The quantitative estimate of drug-likeness (QED) is 0.805. The van der Waals surface area contributed by atoms with Crippen LogP contribution in [0.1, 0.15) is 17.5 Å². The molecule has 2 aromatic rings. The summed E-state index contributed by atoms with van der Waals surface area (Å²) in [6.07, 6.45) is 2.49. The zero-order valence-corrected chi connectivity index (χ0v) is 14.7. The van der Waals surface area contributed by atoms with Crippen molar-refractivity contribution in [1.29, 1.82) is 0 Å². The van der Waals surface area contributed by atoms with Crippen molar-refractivity contribution in [2.24, 2.45) is 5.73 Å². The van der Waals surface area contributed by atoms with Crippen LogP contribution in [0.5, 0.6) is 0 Å². The minimum Gasteiger partial charge on any atom is -0.329 e. The minimum absolute atomic E-state index is 0.215. The van der Waals surface area contributed by atoms with Gasteiger partial charge in [-0.15, -0.1) is 0 Å². The van der Waals surface area contributed by atoms with Gasteiger partial charge in [-0.1, -0.05) is 48.5 Å². The molecule has 132 valence electrons. The summed E-state index contributed by atoms with van der Waals surface area (Å²) in [5.41, 5.74) is 9.44. The van der Waals surface area contributed by atoms with E-state index in [4.69, 9.17) is 5.73 Å². The lowest BCUT2D eigenvalue weighted by atomic mass is 10.1. The molecule has 0 unspecified atom stereocenters. The number of carbonyl (C=O) groups excluding carboxylic acids is 1. The number of hydrogen-bond acceptors (Lipinski definition) is 3. The molecular formula is C21H27N3O. The second-order valence-corrected chi connectivity index (χ2v) is 6.54. The summed E-state index contributed by atoms with van der Waals surface area (Å²) in [6.45, 7) is 3.96. The van der Waals surface area contributed by atoms with Crippen LogP contribution in [0.2, 0.25) is 0 Å². The molecule has 4 heteroatoms. The molecule has 0 atom stereocenters. The van der Waals surface area contributed by atoms with Crippen LogP contribution in [-0.4, -0.2) is 43.5 Å². The highest BCUT2D eigenvalue weighted by molar-refractivity contribution is 5.95. The fourth-order valence-corrected chi connectivity index (χ4v) is 3.44. The van der Waals surface area contributed by atoms with Crippen LogP contribution < -0.4 is 10.6 Å². The number of carbonyl (C=O) groups is 1. The summed E-state index contributed by atoms with van der Waals surface area (Å²) in [7, 11) is 0. The van der Waals surface area contributed by atoms with Crippen LogP contribution in [0.4, 0.5) is 5.69 Å². The smallest absolute Gasteiger partial charge is 0.228 e. The van der Waals surface area contributed by atoms with Gasteiger partial charge in [0, 0.05) is 44.8 Å². The first-order valence-corrected chi connectivity index (χ1v) is 9.12. The van der Waals surface area contributed by atoms with Crippen molar-refractivity contribution in [3.8, 4) is 0 Å². The van der Waals surface area contributed by atoms with E-state index in [1.54, 1.807) is 0 Å². The van der Waals surface area contributed by atoms with E-state index in [2.05, 4.69) is 35.2 Å². The Bertz CT molecular complexity index is 687. The van der Waals surface area contributed by atoms with Crippen molar-refractivity contribution in [3.63, 3.8) is 0 Å². The molecular weight excluding hydrogens is 310 g/mol. The highest BCUT2D eigenvalue weighted by Crippen LogP contribution is 2.27. The summed E-state index contributed by atoms with van der Waals surface area (Å²) in [4.78, 5) is 16.9. The number of para-hydroxylation sites is 1. The second kappa shape index (κ2) is 8.79. The van der Waals surface area contributed by atoms with Crippen molar-refractivity contribution in [3.05, 3.63) is 65.7 Å². The normalized spacial score (nSPS) is 13.3. The molecule has 1 aliphatic rings. The van der Waals surface area contributed by atoms with E-state index < -0.39 is 0 Å². The van der Waals surface area contributed by atoms with Gasteiger partial charge in [-0.2, -0.15) is 0 Å². The number of anilines is 1. The van der Waals surface area contributed by atoms with Gasteiger partial charge in [-0.05, 0) is 30.0 Å². The van der Waals surface area contributed by atoms with Gasteiger partial charge in [0.1, 0.15) is 0 Å². The molecule has 0 spiro atoms. The third kappa shape index (κ3) is 4.68. The number of nitrogens with zero attached hydrogens (tertiary/aromatic N) is 2. The van der Waals surface area contributed by atoms with E-state index in [0.29, 0.717) is 13.0 Å². The lowest BCUT2D eigenvalue weighted by molar-refractivity contribution is -0.118. The van der Waals surface area contributed by atoms with Gasteiger partial charge in [0.15, 0.2) is 0 Å². The average molecular weight is 337 g/mol. The Morgan fingerprint density at radius 3 is 2.56 bits per heavy atom. The van der Waals surface area contributed by atoms with Gasteiger partial charge in [0.05, 0.1) is 0 Å². The minimum atomic E-state index is 0.215. The molecule has 0 bridgehead atoms. The summed E-state index contributed by atoms with van der Waals surface area (Å²) in [5, 5.41) is 0. The van der Waals surface area contributed by atoms with Gasteiger partial charge in [0.25, 0.3) is 0 Å². The van der Waals surface area contributed by atoms with Crippen molar-refractivity contribution in [2.45, 2.75) is 19.3 Å². The molecule has 0 aromatic heterocycles. The Morgan fingerprint density at radius 1 is 1.00 bits per heavy atom. The fourth-order valence-electron chi connectivity index (χ4n) is 3.44. The number of amides is 1. The summed E-state index contributed by atoms with van der Waals surface area (Å²) in [6, 6.07) is 18.7. The molecule has 0 fully saturated rings. The Hall–Kier alpha value is -2.17. The molecule has 0 aliphatic carbocycles. The number of fused-ring (bicyclic) bond motifs is 1. The maximum Gasteiger partial charge on any atom is 0.228 e. The fraction of sp³-hybridized carbons (Fsp3) is 0.381. The summed E-state index contributed by atoms with van der Waals surface area (Å²) in [5.74, 6) is 0.215. The van der Waals surface area contributed by atoms with E-state index in [-0.39, 0.29) is 5.91 Å². The van der Waals surface area contributed by atoms with Crippen LogP contribution in [-0.2, 0) is 17.6 Å². The zero-order valence-electron chi connectivity index (χ0n) is 14.7. The van der Waals surface area contributed by atoms with E-state index in [1.807, 2.05) is 29.2 Å². The molecule has 3 rings (SSSR count). The molecule has 4 nitrogen and oxygen atoms in total. The van der Waals surface area contributed by atoms with Crippen LogP contribution >= 0.6 is 0 Å². The van der Waals surface area contributed by atoms with Crippen molar-refractivity contribution in [1.82, 2.24) is 4.90 Å². The SMILES string of the molecule is NCCN(CCC(=O)N1CCc2ccccc21)CCc1ccccc1. The molecule has 25 heavy (non-hydrogen) atoms. The lowest BCUT2D eigenvalue weighted by Gasteiger charge is -2.23.